The minimum absolute atomic E-state index is 0. The van der Waals surface area contributed by atoms with Gasteiger partial charge in [-0.05, 0) is 6.42 Å². The maximum atomic E-state index is 10.5. The van der Waals surface area contributed by atoms with Crippen molar-refractivity contribution in [2.45, 2.75) is 19.0 Å². The van der Waals surface area contributed by atoms with Gasteiger partial charge in [0.2, 0.25) is 0 Å². The van der Waals surface area contributed by atoms with Crippen molar-refractivity contribution in [2.75, 3.05) is 0 Å². The molecule has 84 valence electrons. The monoisotopic (exact) mass is 246 g/mol. The SMILES string of the molecule is O=C([O-])C(F)(F)F.O=C1C=NN=CCC1.[Na+]. The van der Waals surface area contributed by atoms with Crippen LogP contribution in [0.1, 0.15) is 12.8 Å². The van der Waals surface area contributed by atoms with Crippen molar-refractivity contribution in [1.29, 1.82) is 0 Å². The minimum atomic E-state index is -5.19. The summed E-state index contributed by atoms with van der Waals surface area (Å²) < 4.78 is 31.5. The average Bonchev–Trinajstić information content (AvgIpc) is 2.32. The van der Waals surface area contributed by atoms with Crippen LogP contribution in [-0.2, 0) is 9.59 Å². The Kier molecular flexibility index (Phi) is 9.30. The second-order valence-electron chi connectivity index (χ2n) is 2.33. The van der Waals surface area contributed by atoms with Gasteiger partial charge in [0.05, 0.1) is 6.21 Å². The van der Waals surface area contributed by atoms with Gasteiger partial charge in [-0.2, -0.15) is 23.4 Å². The van der Waals surface area contributed by atoms with E-state index >= 15 is 0 Å². The van der Waals surface area contributed by atoms with Crippen LogP contribution in [0.3, 0.4) is 0 Å². The van der Waals surface area contributed by atoms with Crippen LogP contribution < -0.4 is 34.7 Å². The van der Waals surface area contributed by atoms with E-state index in [0.717, 1.165) is 6.42 Å². The fraction of sp³-hybridized carbons (Fsp3) is 0.429. The van der Waals surface area contributed by atoms with E-state index in [-0.39, 0.29) is 35.3 Å². The Morgan fingerprint density at radius 3 is 2.31 bits per heavy atom. The normalized spacial score (nSPS) is 14.3. The summed E-state index contributed by atoms with van der Waals surface area (Å²) in [6.45, 7) is 0. The zero-order valence-corrected chi connectivity index (χ0v) is 10.3. The molecule has 1 rings (SSSR count). The number of rotatable bonds is 0. The summed E-state index contributed by atoms with van der Waals surface area (Å²) >= 11 is 0. The van der Waals surface area contributed by atoms with E-state index in [1.54, 1.807) is 6.21 Å². The Labute approximate surface area is 111 Å². The molecule has 0 bridgehead atoms. The second-order valence-corrected chi connectivity index (χ2v) is 2.33. The van der Waals surface area contributed by atoms with E-state index in [1.165, 1.54) is 6.21 Å². The van der Waals surface area contributed by atoms with Gasteiger partial charge in [0.1, 0.15) is 5.97 Å². The first-order valence-electron chi connectivity index (χ1n) is 3.70. The van der Waals surface area contributed by atoms with Gasteiger partial charge < -0.3 is 9.90 Å². The van der Waals surface area contributed by atoms with Crippen molar-refractivity contribution in [3.05, 3.63) is 0 Å². The zero-order chi connectivity index (χ0) is 11.9. The van der Waals surface area contributed by atoms with E-state index in [9.17, 15) is 18.0 Å². The molecule has 0 N–H and O–H groups in total. The van der Waals surface area contributed by atoms with Gasteiger partial charge in [-0.15, -0.1) is 0 Å². The number of carboxylic acid groups (broad SMARTS) is 1. The predicted octanol–water partition coefficient (Wildman–Crippen LogP) is -3.29. The number of aliphatic carboxylic acids is 1. The standard InChI is InChI=1S/C5H6N2O.C2HF3O2.Na/c8-5-2-1-3-6-7-4-5;3-2(4,5)1(6)7;/h3-4H,1-2H2;(H,6,7);/q;;+1/p-1. The number of nitrogens with zero attached hydrogens (tertiary/aromatic N) is 2. The molecule has 16 heavy (non-hydrogen) atoms. The van der Waals surface area contributed by atoms with E-state index in [1.807, 2.05) is 0 Å². The molecule has 1 heterocycles. The Balaban J connectivity index is 0. The number of ketones is 1. The Morgan fingerprint density at radius 2 is 1.88 bits per heavy atom. The molecule has 0 unspecified atom stereocenters. The van der Waals surface area contributed by atoms with Crippen LogP contribution in [0.4, 0.5) is 13.2 Å². The first-order valence-corrected chi connectivity index (χ1v) is 3.70. The number of hydrogen-bond donors (Lipinski definition) is 0. The van der Waals surface area contributed by atoms with Gasteiger partial charge in [-0.3, -0.25) is 4.79 Å². The minimum Gasteiger partial charge on any atom is -0.542 e. The van der Waals surface area contributed by atoms with Crippen LogP contribution in [0.5, 0.6) is 0 Å². The third kappa shape index (κ3) is 9.81. The quantitative estimate of drug-likeness (QED) is 0.420. The molecule has 0 atom stereocenters. The average molecular weight is 246 g/mol. The van der Waals surface area contributed by atoms with Gasteiger partial charge >= 0.3 is 35.7 Å². The maximum Gasteiger partial charge on any atom is 1.00 e. The molecule has 9 heteroatoms. The van der Waals surface area contributed by atoms with Crippen LogP contribution in [0.15, 0.2) is 10.2 Å². The number of Topliss-reactive ketones (excluding diaryl/α,β-unsaturated/α-hetero) is 1. The molecule has 0 aromatic carbocycles. The Hall–Kier alpha value is -0.730. The molecule has 0 spiro atoms. The first kappa shape index (κ1) is 17.7. The molecule has 5 nitrogen and oxygen atoms in total. The largest absolute Gasteiger partial charge is 1.00 e. The van der Waals surface area contributed by atoms with Gasteiger partial charge in [-0.25, -0.2) is 0 Å². The summed E-state index contributed by atoms with van der Waals surface area (Å²) in [5, 5.41) is 15.8. The third-order valence-electron chi connectivity index (χ3n) is 1.10. The van der Waals surface area contributed by atoms with Crippen LogP contribution in [0.25, 0.3) is 0 Å². The predicted molar refractivity (Wildman–Crippen MR) is 42.3 cm³/mol. The molecule has 0 amide bonds. The number of hydrogen-bond acceptors (Lipinski definition) is 5. The van der Waals surface area contributed by atoms with E-state index in [4.69, 9.17) is 9.90 Å². The number of carbonyl (C=O) groups is 2. The van der Waals surface area contributed by atoms with Crippen LogP contribution in [0, 0.1) is 0 Å². The van der Waals surface area contributed by atoms with Crippen molar-refractivity contribution in [1.82, 2.24) is 0 Å². The zero-order valence-electron chi connectivity index (χ0n) is 8.32. The summed E-state index contributed by atoms with van der Waals surface area (Å²) in [7, 11) is 0. The number of carboxylic acids is 1. The van der Waals surface area contributed by atoms with Gasteiger partial charge in [0.15, 0.2) is 5.78 Å². The van der Waals surface area contributed by atoms with E-state index in [2.05, 4.69) is 10.2 Å². The summed E-state index contributed by atoms with van der Waals surface area (Å²) in [5.41, 5.74) is 0. The molecule has 1 aliphatic rings. The molecular weight excluding hydrogens is 240 g/mol. The van der Waals surface area contributed by atoms with Gasteiger partial charge in [0, 0.05) is 12.6 Å². The fourth-order valence-corrected chi connectivity index (χ4v) is 0.474. The molecule has 0 aromatic heterocycles. The molecule has 0 aromatic rings. The Morgan fingerprint density at radius 1 is 1.38 bits per heavy atom. The second kappa shape index (κ2) is 8.43. The Bertz CT molecular complexity index is 302. The molecule has 0 saturated carbocycles. The maximum absolute atomic E-state index is 10.5. The first-order chi connectivity index (χ1) is 6.84. The summed E-state index contributed by atoms with van der Waals surface area (Å²) in [4.78, 5) is 19.2. The van der Waals surface area contributed by atoms with Gasteiger partial charge in [0.25, 0.3) is 0 Å². The molecular formula is C7H6F3N2NaO3. The van der Waals surface area contributed by atoms with Crippen molar-refractivity contribution >= 4 is 24.2 Å². The van der Waals surface area contributed by atoms with E-state index < -0.39 is 12.1 Å². The summed E-state index contributed by atoms with van der Waals surface area (Å²) in [5.74, 6) is -2.95. The van der Waals surface area contributed by atoms with Crippen molar-refractivity contribution < 1.29 is 57.4 Å². The molecule has 0 aliphatic carbocycles. The van der Waals surface area contributed by atoms with Gasteiger partial charge in [-0.1, -0.05) is 0 Å². The fourth-order valence-electron chi connectivity index (χ4n) is 0.474. The smallest absolute Gasteiger partial charge is 0.542 e. The van der Waals surface area contributed by atoms with Crippen LogP contribution in [0.2, 0.25) is 0 Å². The number of carbonyl (C=O) groups excluding carboxylic acids is 2. The van der Waals surface area contributed by atoms with Crippen molar-refractivity contribution in [2.24, 2.45) is 10.2 Å². The van der Waals surface area contributed by atoms with Crippen LogP contribution >= 0.6 is 0 Å². The number of halogens is 3. The number of alkyl halides is 3. The summed E-state index contributed by atoms with van der Waals surface area (Å²) in [6, 6.07) is 0. The van der Waals surface area contributed by atoms with Crippen molar-refractivity contribution in [3.63, 3.8) is 0 Å². The third-order valence-corrected chi connectivity index (χ3v) is 1.10. The van der Waals surface area contributed by atoms with Crippen molar-refractivity contribution in [3.8, 4) is 0 Å². The molecule has 0 radical (unpaired) electrons. The molecule has 0 fully saturated rings. The molecule has 1 aliphatic heterocycles. The topological polar surface area (TPSA) is 81.9 Å². The van der Waals surface area contributed by atoms with E-state index in [0.29, 0.717) is 6.42 Å². The molecule has 0 saturated heterocycles. The summed E-state index contributed by atoms with van der Waals surface area (Å²) in [6.07, 6.45) is -1.03. The van der Waals surface area contributed by atoms with Crippen LogP contribution in [-0.4, -0.2) is 30.4 Å².